The highest BCUT2D eigenvalue weighted by Gasteiger charge is 2.38. The molecule has 9 nitrogen and oxygen atoms in total. The van der Waals surface area contributed by atoms with E-state index < -0.39 is 30.4 Å². The van der Waals surface area contributed by atoms with Crippen LogP contribution in [-0.4, -0.2) is 62.1 Å². The van der Waals surface area contributed by atoms with E-state index in [4.69, 9.17) is 21.1 Å². The predicted octanol–water partition coefficient (Wildman–Crippen LogP) is 0.796. The molecule has 1 N–H and O–H groups in total. The summed E-state index contributed by atoms with van der Waals surface area (Å²) in [5.74, 6) is -1.81. The van der Waals surface area contributed by atoms with Crippen LogP contribution in [0.5, 0.6) is 5.75 Å². The normalized spacial score (nSPS) is 19.3. The van der Waals surface area contributed by atoms with Gasteiger partial charge in [-0.2, -0.15) is 0 Å². The summed E-state index contributed by atoms with van der Waals surface area (Å²) >= 11 is 6.00. The number of urea groups is 1. The largest absolute Gasteiger partial charge is 0.495 e. The molecule has 0 bridgehead atoms. The lowest BCUT2D eigenvalue weighted by atomic mass is 10.1. The molecule has 4 amide bonds. The molecule has 0 radical (unpaired) electrons. The minimum absolute atomic E-state index is 0.0487. The fourth-order valence-corrected chi connectivity index (χ4v) is 3.18. The Labute approximate surface area is 160 Å². The third-order valence-electron chi connectivity index (χ3n) is 4.39. The molecule has 2 aliphatic heterocycles. The Morgan fingerprint density at radius 2 is 2.11 bits per heavy atom. The van der Waals surface area contributed by atoms with Crippen molar-refractivity contribution < 1.29 is 28.7 Å². The number of hydrogen-bond acceptors (Lipinski definition) is 6. The van der Waals surface area contributed by atoms with Crippen LogP contribution in [0.15, 0.2) is 18.2 Å². The fourth-order valence-electron chi connectivity index (χ4n) is 3.01. The van der Waals surface area contributed by atoms with Gasteiger partial charge in [-0.05, 0) is 18.2 Å². The van der Waals surface area contributed by atoms with Gasteiger partial charge in [0, 0.05) is 31.1 Å². The van der Waals surface area contributed by atoms with Gasteiger partial charge in [0.1, 0.15) is 5.75 Å². The van der Waals surface area contributed by atoms with E-state index in [2.05, 4.69) is 5.32 Å². The van der Waals surface area contributed by atoms with Gasteiger partial charge in [0.25, 0.3) is 5.91 Å². The van der Waals surface area contributed by atoms with Crippen molar-refractivity contribution in [1.29, 1.82) is 0 Å². The topological polar surface area (TPSA) is 105 Å². The van der Waals surface area contributed by atoms with E-state index in [-0.39, 0.29) is 25.4 Å². The molecule has 10 heteroatoms. The summed E-state index contributed by atoms with van der Waals surface area (Å²) in [6.45, 7) is 0.149. The van der Waals surface area contributed by atoms with Crippen LogP contribution in [0.2, 0.25) is 5.02 Å². The van der Waals surface area contributed by atoms with Gasteiger partial charge >= 0.3 is 12.0 Å². The van der Waals surface area contributed by atoms with E-state index >= 15 is 0 Å². The second kappa shape index (κ2) is 7.83. The molecule has 0 aliphatic carbocycles. The number of halogens is 1. The summed E-state index contributed by atoms with van der Waals surface area (Å²) in [6.07, 6.45) is -0.0487. The summed E-state index contributed by atoms with van der Waals surface area (Å²) in [6, 6.07) is 4.35. The molecule has 3 rings (SSSR count). The molecule has 1 atom stereocenters. The number of nitrogens with one attached hydrogen (secondary N) is 1. The third-order valence-corrected chi connectivity index (χ3v) is 4.62. The highest BCUT2D eigenvalue weighted by molar-refractivity contribution is 6.31. The lowest BCUT2D eigenvalue weighted by molar-refractivity contribution is -0.154. The van der Waals surface area contributed by atoms with Crippen LogP contribution in [0.25, 0.3) is 0 Å². The lowest BCUT2D eigenvalue weighted by Gasteiger charge is -2.19. The number of benzene rings is 1. The molecule has 144 valence electrons. The second-order valence-corrected chi connectivity index (χ2v) is 6.54. The van der Waals surface area contributed by atoms with E-state index in [1.165, 1.54) is 12.0 Å². The third kappa shape index (κ3) is 3.97. The van der Waals surface area contributed by atoms with Crippen molar-refractivity contribution in [1.82, 2.24) is 10.2 Å². The van der Waals surface area contributed by atoms with Crippen LogP contribution in [-0.2, 0) is 19.1 Å². The summed E-state index contributed by atoms with van der Waals surface area (Å²) < 4.78 is 10.3. The van der Waals surface area contributed by atoms with Crippen LogP contribution < -0.4 is 15.0 Å². The standard InChI is InChI=1S/C17H18ClN3O6/c1-26-13-3-2-11(18)7-12(13)21-8-10(6-14(21)22)16(24)27-9-15(23)20-5-4-19-17(20)25/h2-3,7,10H,4-6,8-9H2,1H3,(H,19,25)/t10-/m0/s1. The zero-order valence-corrected chi connectivity index (χ0v) is 15.3. The number of carbonyl (C=O) groups is 4. The van der Waals surface area contributed by atoms with Crippen LogP contribution in [0.3, 0.4) is 0 Å². The van der Waals surface area contributed by atoms with Crippen molar-refractivity contribution in [2.24, 2.45) is 5.92 Å². The average Bonchev–Trinajstić information content (AvgIpc) is 3.25. The van der Waals surface area contributed by atoms with Gasteiger partial charge in [-0.25, -0.2) is 4.79 Å². The summed E-state index contributed by atoms with van der Waals surface area (Å²) in [7, 11) is 1.47. The predicted molar refractivity (Wildman–Crippen MR) is 94.5 cm³/mol. The lowest BCUT2D eigenvalue weighted by Crippen LogP contribution is -2.38. The number of rotatable bonds is 5. The molecular formula is C17H18ClN3O6. The number of anilines is 1. The molecule has 2 fully saturated rings. The smallest absolute Gasteiger partial charge is 0.324 e. The molecule has 27 heavy (non-hydrogen) atoms. The zero-order valence-electron chi connectivity index (χ0n) is 14.6. The van der Waals surface area contributed by atoms with E-state index in [1.807, 2.05) is 0 Å². The number of carbonyl (C=O) groups excluding carboxylic acids is 4. The molecule has 2 aliphatic rings. The number of nitrogens with zero attached hydrogens (tertiary/aromatic N) is 2. The van der Waals surface area contributed by atoms with Crippen LogP contribution in [0, 0.1) is 5.92 Å². The average molecular weight is 396 g/mol. The van der Waals surface area contributed by atoms with Crippen LogP contribution in [0.1, 0.15) is 6.42 Å². The number of methoxy groups -OCH3 is 1. The number of ether oxygens (including phenoxy) is 2. The first-order valence-corrected chi connectivity index (χ1v) is 8.67. The van der Waals surface area contributed by atoms with E-state index in [0.717, 1.165) is 4.90 Å². The van der Waals surface area contributed by atoms with Crippen molar-refractivity contribution in [3.05, 3.63) is 23.2 Å². The van der Waals surface area contributed by atoms with E-state index in [0.29, 0.717) is 23.0 Å². The Balaban J connectivity index is 1.61. The molecule has 0 saturated carbocycles. The Morgan fingerprint density at radius 3 is 2.78 bits per heavy atom. The summed E-state index contributed by atoms with van der Waals surface area (Å²) in [5.41, 5.74) is 0.468. The first kappa shape index (κ1) is 19.0. The van der Waals surface area contributed by atoms with Gasteiger partial charge in [-0.1, -0.05) is 11.6 Å². The molecule has 1 aromatic carbocycles. The quantitative estimate of drug-likeness (QED) is 0.739. The fraction of sp³-hybridized carbons (Fsp3) is 0.412. The Morgan fingerprint density at radius 1 is 1.33 bits per heavy atom. The number of amides is 4. The van der Waals surface area contributed by atoms with Crippen LogP contribution in [0.4, 0.5) is 10.5 Å². The SMILES string of the molecule is COc1ccc(Cl)cc1N1C[C@@H](C(=O)OCC(=O)N2CCNC2=O)CC1=O. The number of esters is 1. The number of imide groups is 1. The maximum Gasteiger partial charge on any atom is 0.324 e. The summed E-state index contributed by atoms with van der Waals surface area (Å²) in [5, 5.41) is 2.92. The van der Waals surface area contributed by atoms with Crippen molar-refractivity contribution in [2.75, 3.05) is 38.3 Å². The monoisotopic (exact) mass is 395 g/mol. The van der Waals surface area contributed by atoms with Gasteiger partial charge in [0.15, 0.2) is 6.61 Å². The molecule has 2 heterocycles. The van der Waals surface area contributed by atoms with Crippen molar-refractivity contribution in [2.45, 2.75) is 6.42 Å². The Hall–Kier alpha value is -2.81. The molecule has 1 aromatic rings. The highest BCUT2D eigenvalue weighted by atomic mass is 35.5. The number of hydrogen-bond donors (Lipinski definition) is 1. The summed E-state index contributed by atoms with van der Waals surface area (Å²) in [4.78, 5) is 50.4. The van der Waals surface area contributed by atoms with Crippen LogP contribution >= 0.6 is 11.6 Å². The molecular weight excluding hydrogens is 378 g/mol. The van der Waals surface area contributed by atoms with Crippen molar-refractivity contribution >= 4 is 41.1 Å². The maximum absolute atomic E-state index is 12.4. The van der Waals surface area contributed by atoms with Crippen molar-refractivity contribution in [3.63, 3.8) is 0 Å². The minimum atomic E-state index is -0.721. The second-order valence-electron chi connectivity index (χ2n) is 6.11. The molecule has 0 spiro atoms. The van der Waals surface area contributed by atoms with Gasteiger partial charge in [0.05, 0.1) is 18.7 Å². The Bertz CT molecular complexity index is 799. The van der Waals surface area contributed by atoms with Crippen molar-refractivity contribution in [3.8, 4) is 5.75 Å². The molecule has 0 aromatic heterocycles. The maximum atomic E-state index is 12.4. The Kier molecular flexibility index (Phi) is 5.50. The van der Waals surface area contributed by atoms with Gasteiger partial charge < -0.3 is 19.7 Å². The first-order chi connectivity index (χ1) is 12.9. The highest BCUT2D eigenvalue weighted by Crippen LogP contribution is 2.35. The van der Waals surface area contributed by atoms with E-state index in [1.54, 1.807) is 18.2 Å². The van der Waals surface area contributed by atoms with E-state index in [9.17, 15) is 19.2 Å². The first-order valence-electron chi connectivity index (χ1n) is 8.29. The molecule has 0 unspecified atom stereocenters. The van der Waals surface area contributed by atoms with Gasteiger partial charge in [0.2, 0.25) is 5.91 Å². The molecule has 2 saturated heterocycles. The van der Waals surface area contributed by atoms with Gasteiger partial charge in [-0.3, -0.25) is 19.3 Å². The minimum Gasteiger partial charge on any atom is -0.495 e. The zero-order chi connectivity index (χ0) is 19.6. The van der Waals surface area contributed by atoms with Gasteiger partial charge in [-0.15, -0.1) is 0 Å².